The van der Waals surface area contributed by atoms with Gasteiger partial charge in [-0.1, -0.05) is 0 Å². The van der Waals surface area contributed by atoms with Gasteiger partial charge in [0.15, 0.2) is 0 Å². The van der Waals surface area contributed by atoms with Crippen molar-refractivity contribution in [3.63, 3.8) is 0 Å². The maximum absolute atomic E-state index is 4.39. The van der Waals surface area contributed by atoms with Crippen LogP contribution in [-0.4, -0.2) is 48.9 Å². The van der Waals surface area contributed by atoms with Crippen LogP contribution in [0.5, 0.6) is 0 Å². The SMILES string of the molecule is CC1=N[C@H](C)N=C(N(C)C)N1C. The van der Waals surface area contributed by atoms with Crippen molar-refractivity contribution in [2.45, 2.75) is 20.0 Å². The molecule has 4 heteroatoms. The molecule has 1 atom stereocenters. The second-order valence-electron chi connectivity index (χ2n) is 3.19. The Bertz CT molecular complexity index is 229. The second kappa shape index (κ2) is 3.13. The Morgan fingerprint density at radius 3 is 2.42 bits per heavy atom. The Morgan fingerprint density at radius 2 is 1.92 bits per heavy atom. The van der Waals surface area contributed by atoms with Crippen LogP contribution in [0.1, 0.15) is 13.8 Å². The normalized spacial score (nSPS) is 23.4. The van der Waals surface area contributed by atoms with Gasteiger partial charge >= 0.3 is 0 Å². The predicted molar refractivity (Wildman–Crippen MR) is 51.5 cm³/mol. The Balaban J connectivity index is 2.88. The van der Waals surface area contributed by atoms with Crippen molar-refractivity contribution in [3.8, 4) is 0 Å². The second-order valence-corrected chi connectivity index (χ2v) is 3.19. The van der Waals surface area contributed by atoms with Crippen LogP contribution in [0.3, 0.4) is 0 Å². The minimum absolute atomic E-state index is 0.0543. The van der Waals surface area contributed by atoms with E-state index < -0.39 is 0 Å². The molecule has 68 valence electrons. The van der Waals surface area contributed by atoms with E-state index in [9.17, 15) is 0 Å². The summed E-state index contributed by atoms with van der Waals surface area (Å²) in [5.74, 6) is 1.98. The molecule has 12 heavy (non-hydrogen) atoms. The van der Waals surface area contributed by atoms with Crippen LogP contribution in [0.15, 0.2) is 9.98 Å². The van der Waals surface area contributed by atoms with Gasteiger partial charge in [0, 0.05) is 21.1 Å². The van der Waals surface area contributed by atoms with Crippen LogP contribution in [0.2, 0.25) is 0 Å². The Labute approximate surface area is 73.6 Å². The minimum Gasteiger partial charge on any atom is -0.349 e. The van der Waals surface area contributed by atoms with Crippen LogP contribution in [0, 0.1) is 0 Å². The Morgan fingerprint density at radius 1 is 1.33 bits per heavy atom. The largest absolute Gasteiger partial charge is 0.349 e. The van der Waals surface area contributed by atoms with E-state index in [1.54, 1.807) is 0 Å². The first-order valence-electron chi connectivity index (χ1n) is 4.05. The highest BCUT2D eigenvalue weighted by Gasteiger charge is 2.17. The minimum atomic E-state index is 0.0543. The number of hydrogen-bond donors (Lipinski definition) is 0. The zero-order chi connectivity index (χ0) is 9.30. The van der Waals surface area contributed by atoms with Crippen molar-refractivity contribution in [1.29, 1.82) is 0 Å². The number of guanidine groups is 1. The molecular formula is C8H16N4. The van der Waals surface area contributed by atoms with E-state index in [0.29, 0.717) is 0 Å². The third kappa shape index (κ3) is 1.57. The molecule has 1 rings (SSSR count). The lowest BCUT2D eigenvalue weighted by Crippen LogP contribution is -2.44. The fourth-order valence-corrected chi connectivity index (χ4v) is 1.20. The molecule has 1 aliphatic rings. The van der Waals surface area contributed by atoms with Crippen LogP contribution in [-0.2, 0) is 0 Å². The Hall–Kier alpha value is -1.06. The lowest BCUT2D eigenvalue weighted by molar-refractivity contribution is 0.502. The van der Waals surface area contributed by atoms with Crippen LogP contribution in [0.25, 0.3) is 0 Å². The molecule has 0 aromatic heterocycles. The Kier molecular flexibility index (Phi) is 2.35. The molecule has 0 aromatic rings. The maximum atomic E-state index is 4.39. The number of hydrogen-bond acceptors (Lipinski definition) is 4. The molecule has 1 aliphatic heterocycles. The summed E-state index contributed by atoms with van der Waals surface area (Å²) in [7, 11) is 5.95. The fraction of sp³-hybridized carbons (Fsp3) is 0.750. The third-order valence-electron chi connectivity index (χ3n) is 1.86. The maximum Gasteiger partial charge on any atom is 0.203 e. The first-order valence-corrected chi connectivity index (χ1v) is 4.05. The molecule has 0 aromatic carbocycles. The first-order chi connectivity index (χ1) is 5.52. The molecule has 0 N–H and O–H groups in total. The molecule has 0 fully saturated rings. The van der Waals surface area contributed by atoms with Gasteiger partial charge in [-0.3, -0.25) is 0 Å². The fourth-order valence-electron chi connectivity index (χ4n) is 1.20. The molecule has 1 heterocycles. The topological polar surface area (TPSA) is 31.2 Å². The van der Waals surface area contributed by atoms with Gasteiger partial charge in [-0.25, -0.2) is 9.98 Å². The van der Waals surface area contributed by atoms with Gasteiger partial charge in [0.1, 0.15) is 12.0 Å². The molecule has 4 nitrogen and oxygen atoms in total. The molecule has 0 unspecified atom stereocenters. The summed E-state index contributed by atoms with van der Waals surface area (Å²) in [5.41, 5.74) is 0. The predicted octanol–water partition coefficient (Wildman–Crippen LogP) is 0.614. The zero-order valence-corrected chi connectivity index (χ0v) is 8.37. The van der Waals surface area contributed by atoms with Crippen molar-refractivity contribution in [2.75, 3.05) is 21.1 Å². The highest BCUT2D eigenvalue weighted by molar-refractivity contribution is 5.99. The molecule has 0 spiro atoms. The standard InChI is InChI=1S/C8H16N4/c1-6-9-7(2)12(5)8(10-6)11(3)4/h6H,1-5H3/t6-/m0/s1. The van der Waals surface area contributed by atoms with Crippen molar-refractivity contribution in [3.05, 3.63) is 0 Å². The van der Waals surface area contributed by atoms with Gasteiger partial charge in [0.2, 0.25) is 5.96 Å². The molecule has 0 saturated carbocycles. The summed E-state index contributed by atoms with van der Waals surface area (Å²) in [6, 6.07) is 0. The van der Waals surface area contributed by atoms with Crippen LogP contribution < -0.4 is 0 Å². The van der Waals surface area contributed by atoms with Crippen LogP contribution in [0.4, 0.5) is 0 Å². The van der Waals surface area contributed by atoms with Gasteiger partial charge in [-0.05, 0) is 13.8 Å². The van der Waals surface area contributed by atoms with Gasteiger partial charge in [-0.2, -0.15) is 0 Å². The summed E-state index contributed by atoms with van der Waals surface area (Å²) in [5, 5.41) is 0. The summed E-state index contributed by atoms with van der Waals surface area (Å²) < 4.78 is 0. The quantitative estimate of drug-likeness (QED) is 0.531. The van der Waals surface area contributed by atoms with E-state index in [1.165, 1.54) is 0 Å². The summed E-state index contributed by atoms with van der Waals surface area (Å²) in [6.45, 7) is 3.98. The molecular weight excluding hydrogens is 152 g/mol. The third-order valence-corrected chi connectivity index (χ3v) is 1.86. The molecule has 0 bridgehead atoms. The highest BCUT2D eigenvalue weighted by atomic mass is 15.4. The van der Waals surface area contributed by atoms with E-state index in [4.69, 9.17) is 0 Å². The summed E-state index contributed by atoms with van der Waals surface area (Å²) >= 11 is 0. The zero-order valence-electron chi connectivity index (χ0n) is 8.37. The van der Waals surface area contributed by atoms with E-state index in [2.05, 4.69) is 9.98 Å². The van der Waals surface area contributed by atoms with E-state index in [-0.39, 0.29) is 6.17 Å². The summed E-state index contributed by atoms with van der Waals surface area (Å²) in [6.07, 6.45) is 0.0543. The number of amidine groups is 1. The van der Waals surface area contributed by atoms with Gasteiger partial charge in [-0.15, -0.1) is 0 Å². The van der Waals surface area contributed by atoms with Crippen LogP contribution >= 0.6 is 0 Å². The van der Waals surface area contributed by atoms with Crippen molar-refractivity contribution >= 4 is 11.8 Å². The van der Waals surface area contributed by atoms with Gasteiger partial charge in [0.25, 0.3) is 0 Å². The highest BCUT2D eigenvalue weighted by Crippen LogP contribution is 2.06. The van der Waals surface area contributed by atoms with E-state index in [1.807, 2.05) is 44.8 Å². The molecule has 0 amide bonds. The van der Waals surface area contributed by atoms with Crippen molar-refractivity contribution < 1.29 is 0 Å². The first kappa shape index (κ1) is 9.03. The molecule has 0 aliphatic carbocycles. The molecule has 0 saturated heterocycles. The van der Waals surface area contributed by atoms with Gasteiger partial charge < -0.3 is 9.80 Å². The van der Waals surface area contributed by atoms with Gasteiger partial charge in [0.05, 0.1) is 0 Å². The summed E-state index contributed by atoms with van der Waals surface area (Å²) in [4.78, 5) is 12.7. The van der Waals surface area contributed by atoms with Crippen molar-refractivity contribution in [2.24, 2.45) is 9.98 Å². The molecule has 0 radical (unpaired) electrons. The lowest BCUT2D eigenvalue weighted by Gasteiger charge is -2.30. The van der Waals surface area contributed by atoms with Crippen molar-refractivity contribution in [1.82, 2.24) is 9.80 Å². The van der Waals surface area contributed by atoms with E-state index in [0.717, 1.165) is 11.8 Å². The average Bonchev–Trinajstić information content (AvgIpc) is 1.96. The number of rotatable bonds is 0. The number of nitrogens with zero attached hydrogens (tertiary/aromatic N) is 4. The average molecular weight is 168 g/mol. The van der Waals surface area contributed by atoms with E-state index >= 15 is 0 Å². The number of aliphatic imine (C=N–C) groups is 2. The lowest BCUT2D eigenvalue weighted by atomic mass is 10.4. The smallest absolute Gasteiger partial charge is 0.203 e. The monoisotopic (exact) mass is 168 g/mol.